The molecule has 2 saturated carbocycles. The van der Waals surface area contributed by atoms with Gasteiger partial charge in [0.25, 0.3) is 0 Å². The summed E-state index contributed by atoms with van der Waals surface area (Å²) in [5.41, 5.74) is 3.22. The third-order valence-corrected chi connectivity index (χ3v) is 7.21. The summed E-state index contributed by atoms with van der Waals surface area (Å²) in [6.45, 7) is 0. The normalized spacial score (nSPS) is 31.4. The van der Waals surface area contributed by atoms with Crippen LogP contribution in [0.3, 0.4) is 0 Å². The second-order valence-electron chi connectivity index (χ2n) is 7.88. The lowest BCUT2D eigenvalue weighted by Crippen LogP contribution is -2.25. The lowest BCUT2D eigenvalue weighted by molar-refractivity contribution is 0.157. The molecule has 0 atom stereocenters. The monoisotopic (exact) mass is 408 g/mol. The molecular formula is C22H30BrCl. The van der Waals surface area contributed by atoms with E-state index in [2.05, 4.69) is 46.3 Å². The molecule has 0 amide bonds. The van der Waals surface area contributed by atoms with Crippen molar-refractivity contribution in [3.8, 4) is 0 Å². The number of hydrogen-bond donors (Lipinski definition) is 0. The number of hydrogen-bond acceptors (Lipinski definition) is 0. The molecule has 0 spiro atoms. The van der Waals surface area contributed by atoms with Crippen molar-refractivity contribution in [1.82, 2.24) is 0 Å². The molecule has 24 heavy (non-hydrogen) atoms. The third kappa shape index (κ3) is 5.11. The quantitative estimate of drug-likeness (QED) is 0.461. The van der Waals surface area contributed by atoms with E-state index in [0.29, 0.717) is 0 Å². The Morgan fingerprint density at radius 2 is 1.46 bits per heavy atom. The minimum absolute atomic E-state index is 0.799. The van der Waals surface area contributed by atoms with Crippen molar-refractivity contribution in [3.05, 3.63) is 45.9 Å². The average molecular weight is 410 g/mol. The van der Waals surface area contributed by atoms with E-state index in [1.54, 1.807) is 11.1 Å². The molecule has 0 nitrogen and oxygen atoms in total. The molecule has 2 aliphatic rings. The number of halogens is 2. The van der Waals surface area contributed by atoms with E-state index < -0.39 is 0 Å². The molecule has 0 N–H and O–H groups in total. The Hall–Kier alpha value is -0.270. The summed E-state index contributed by atoms with van der Waals surface area (Å²) in [5, 5.41) is 0. The van der Waals surface area contributed by atoms with Crippen LogP contribution in [0.25, 0.3) is 0 Å². The molecule has 2 fully saturated rings. The molecule has 2 aliphatic carbocycles. The van der Waals surface area contributed by atoms with Gasteiger partial charge in [0.2, 0.25) is 0 Å². The van der Waals surface area contributed by atoms with Crippen LogP contribution < -0.4 is 0 Å². The molecule has 132 valence electrons. The largest absolute Gasteiger partial charge is 0.0933 e. The van der Waals surface area contributed by atoms with Crippen LogP contribution in [-0.4, -0.2) is 0 Å². The molecule has 2 heteroatoms. The summed E-state index contributed by atoms with van der Waals surface area (Å²) >= 11 is 9.17. The minimum atomic E-state index is 0.799. The van der Waals surface area contributed by atoms with E-state index in [1.807, 2.05) is 0 Å². The molecule has 0 heterocycles. The highest BCUT2D eigenvalue weighted by Crippen LogP contribution is 2.44. The summed E-state index contributed by atoms with van der Waals surface area (Å²) in [4.78, 5) is 0. The molecule has 1 aromatic carbocycles. The average Bonchev–Trinajstić information content (AvgIpc) is 2.63. The Morgan fingerprint density at radius 1 is 0.875 bits per heavy atom. The molecule has 0 radical (unpaired) electrons. The number of allylic oxidation sites excluding steroid dienone is 1. The summed E-state index contributed by atoms with van der Waals surface area (Å²) in [5.74, 6) is 3.76. The summed E-state index contributed by atoms with van der Waals surface area (Å²) < 4.78 is 1.19. The first-order valence-corrected chi connectivity index (χ1v) is 11.0. The van der Waals surface area contributed by atoms with Gasteiger partial charge in [-0.05, 0) is 92.7 Å². The van der Waals surface area contributed by atoms with Crippen molar-refractivity contribution in [3.63, 3.8) is 0 Å². The van der Waals surface area contributed by atoms with Crippen molar-refractivity contribution in [1.29, 1.82) is 0 Å². The molecule has 0 aromatic heterocycles. The Kier molecular flexibility index (Phi) is 7.28. The highest BCUT2D eigenvalue weighted by atomic mass is 79.9. The Balaban J connectivity index is 1.42. The van der Waals surface area contributed by atoms with Crippen molar-refractivity contribution in [2.24, 2.45) is 17.8 Å². The van der Waals surface area contributed by atoms with Crippen LogP contribution in [-0.2, 0) is 0 Å². The lowest BCUT2D eigenvalue weighted by Gasteiger charge is -2.38. The molecule has 0 saturated heterocycles. The second-order valence-corrected chi connectivity index (χ2v) is 9.05. The minimum Gasteiger partial charge on any atom is -0.0933 e. The van der Waals surface area contributed by atoms with Crippen LogP contribution >= 0.6 is 27.5 Å². The molecule has 1 aromatic rings. The van der Waals surface area contributed by atoms with E-state index in [0.717, 1.165) is 30.1 Å². The maximum absolute atomic E-state index is 5.62. The van der Waals surface area contributed by atoms with Crippen molar-refractivity contribution < 1.29 is 0 Å². The van der Waals surface area contributed by atoms with Gasteiger partial charge >= 0.3 is 0 Å². The molecule has 0 unspecified atom stereocenters. The van der Waals surface area contributed by atoms with E-state index in [1.165, 1.54) is 62.3 Å². The fourth-order valence-electron chi connectivity index (χ4n) is 5.00. The second kappa shape index (κ2) is 9.43. The molecule has 0 bridgehead atoms. The fourth-order valence-corrected chi connectivity index (χ4v) is 5.39. The fraction of sp³-hybridized carbons (Fsp3) is 0.636. The highest BCUT2D eigenvalue weighted by Gasteiger charge is 2.31. The third-order valence-electron chi connectivity index (χ3n) is 6.50. The zero-order chi connectivity index (χ0) is 16.8. The summed E-state index contributed by atoms with van der Waals surface area (Å²) in [6.07, 6.45) is 16.2. The van der Waals surface area contributed by atoms with E-state index in [4.69, 9.17) is 11.6 Å². The topological polar surface area (TPSA) is 0 Å². The smallest absolute Gasteiger partial charge is 0.0175 e. The van der Waals surface area contributed by atoms with Gasteiger partial charge in [-0.3, -0.25) is 0 Å². The van der Waals surface area contributed by atoms with Gasteiger partial charge in [-0.25, -0.2) is 0 Å². The maximum atomic E-state index is 5.62. The van der Waals surface area contributed by atoms with Gasteiger partial charge in [0, 0.05) is 10.0 Å². The van der Waals surface area contributed by atoms with E-state index in [9.17, 15) is 0 Å². The van der Waals surface area contributed by atoms with Gasteiger partial charge < -0.3 is 0 Å². The summed E-state index contributed by atoms with van der Waals surface area (Å²) in [6, 6.07) is 9.02. The van der Waals surface area contributed by atoms with Crippen molar-refractivity contribution in [2.45, 2.75) is 70.1 Å². The number of rotatable bonds is 5. The number of benzene rings is 1. The van der Waals surface area contributed by atoms with Crippen molar-refractivity contribution >= 4 is 27.5 Å². The van der Waals surface area contributed by atoms with Crippen LogP contribution in [0.4, 0.5) is 0 Å². The van der Waals surface area contributed by atoms with Crippen LogP contribution in [0, 0.1) is 17.8 Å². The summed E-state index contributed by atoms with van der Waals surface area (Å²) in [7, 11) is 0. The van der Waals surface area contributed by atoms with E-state index >= 15 is 0 Å². The molecule has 3 rings (SSSR count). The Labute approximate surface area is 161 Å². The maximum Gasteiger partial charge on any atom is 0.0175 e. The first-order valence-electron chi connectivity index (χ1n) is 9.77. The lowest BCUT2D eigenvalue weighted by atomic mass is 9.68. The van der Waals surface area contributed by atoms with Crippen LogP contribution in [0.5, 0.6) is 0 Å². The SMILES string of the molecule is Cl/C=C/CC[C@H]1CC[C@H](C2CCC(c3ccc(Br)cc3)CC2)CC1. The highest BCUT2D eigenvalue weighted by molar-refractivity contribution is 9.10. The predicted molar refractivity (Wildman–Crippen MR) is 109 cm³/mol. The van der Waals surface area contributed by atoms with Gasteiger partial charge in [0.1, 0.15) is 0 Å². The van der Waals surface area contributed by atoms with Gasteiger partial charge in [-0.1, -0.05) is 58.6 Å². The van der Waals surface area contributed by atoms with Crippen LogP contribution in [0.2, 0.25) is 0 Å². The standard InChI is InChI=1S/C22H30BrCl/c23-22-14-12-21(13-15-22)20-10-8-19(9-11-20)18-6-4-17(5-7-18)3-1-2-16-24/h2,12-20H,1,3-11H2/b16-2+/t17-,18-,19?,20?. The molecule has 0 aliphatic heterocycles. The predicted octanol–water partition coefficient (Wildman–Crippen LogP) is 8.06. The van der Waals surface area contributed by atoms with Crippen LogP contribution in [0.15, 0.2) is 40.3 Å². The first kappa shape index (κ1) is 18.5. The van der Waals surface area contributed by atoms with E-state index in [-0.39, 0.29) is 0 Å². The van der Waals surface area contributed by atoms with Gasteiger partial charge in [-0.15, -0.1) is 0 Å². The van der Waals surface area contributed by atoms with Crippen LogP contribution in [0.1, 0.15) is 75.7 Å². The Morgan fingerprint density at radius 3 is 2.04 bits per heavy atom. The van der Waals surface area contributed by atoms with Gasteiger partial charge in [-0.2, -0.15) is 0 Å². The van der Waals surface area contributed by atoms with Crippen molar-refractivity contribution in [2.75, 3.05) is 0 Å². The first-order chi connectivity index (χ1) is 11.8. The molecular weight excluding hydrogens is 380 g/mol. The zero-order valence-electron chi connectivity index (χ0n) is 14.6. The Bertz CT molecular complexity index is 505. The van der Waals surface area contributed by atoms with Gasteiger partial charge in [0.15, 0.2) is 0 Å². The zero-order valence-corrected chi connectivity index (χ0v) is 16.9. The van der Waals surface area contributed by atoms with Gasteiger partial charge in [0.05, 0.1) is 0 Å².